The highest BCUT2D eigenvalue weighted by atomic mass is 32.1. The van der Waals surface area contributed by atoms with E-state index in [1.807, 2.05) is 0 Å². The van der Waals surface area contributed by atoms with E-state index in [9.17, 15) is 18.3 Å². The van der Waals surface area contributed by atoms with E-state index in [0.717, 1.165) is 22.5 Å². The summed E-state index contributed by atoms with van der Waals surface area (Å²) in [5.74, 6) is 0.0514. The van der Waals surface area contributed by atoms with Gasteiger partial charge >= 0.3 is 6.18 Å². The van der Waals surface area contributed by atoms with Gasteiger partial charge in [0.25, 0.3) is 5.72 Å². The molecule has 0 radical (unpaired) electrons. The summed E-state index contributed by atoms with van der Waals surface area (Å²) in [7, 11) is 3.08. The van der Waals surface area contributed by atoms with E-state index >= 15 is 0 Å². The highest BCUT2D eigenvalue weighted by Gasteiger charge is 2.68. The van der Waals surface area contributed by atoms with E-state index in [1.165, 1.54) is 7.11 Å². The molecule has 10 heteroatoms. The van der Waals surface area contributed by atoms with Crippen molar-refractivity contribution in [1.82, 2.24) is 4.98 Å². The number of methoxy groups -OCH3 is 2. The lowest BCUT2D eigenvalue weighted by atomic mass is 9.77. The van der Waals surface area contributed by atoms with E-state index in [1.54, 1.807) is 55.0 Å². The van der Waals surface area contributed by atoms with E-state index in [-0.39, 0.29) is 17.3 Å². The van der Waals surface area contributed by atoms with Gasteiger partial charge in [0.15, 0.2) is 0 Å². The van der Waals surface area contributed by atoms with Crippen LogP contribution >= 0.6 is 11.3 Å². The fourth-order valence-electron chi connectivity index (χ4n) is 4.39. The average molecular weight is 475 g/mol. The second-order valence-electron chi connectivity index (χ2n) is 7.88. The molecule has 0 bridgehead atoms. The van der Waals surface area contributed by atoms with Crippen LogP contribution in [-0.4, -0.2) is 41.9 Å². The molecule has 2 aromatic carbocycles. The summed E-state index contributed by atoms with van der Waals surface area (Å²) in [6.45, 7) is 0. The monoisotopic (exact) mass is 475 g/mol. The lowest BCUT2D eigenvalue weighted by Crippen LogP contribution is -2.60. The molecule has 0 saturated carbocycles. The normalized spacial score (nSPS) is 21.9. The van der Waals surface area contributed by atoms with Gasteiger partial charge in [0, 0.05) is 16.5 Å². The molecule has 33 heavy (non-hydrogen) atoms. The lowest BCUT2D eigenvalue weighted by molar-refractivity contribution is -0.268. The molecular formula is C23H20F3N3O3S. The van der Waals surface area contributed by atoms with Crippen LogP contribution in [0.2, 0.25) is 0 Å². The maximum absolute atomic E-state index is 14.3. The highest BCUT2D eigenvalue weighted by Crippen LogP contribution is 2.51. The van der Waals surface area contributed by atoms with Gasteiger partial charge in [-0.15, -0.1) is 11.3 Å². The Hall–Kier alpha value is -3.11. The van der Waals surface area contributed by atoms with Crippen molar-refractivity contribution >= 4 is 22.2 Å². The quantitative estimate of drug-likeness (QED) is 0.584. The first kappa shape index (κ1) is 21.7. The Bertz CT molecular complexity index is 1230. The number of alkyl halides is 3. The first-order valence-electron chi connectivity index (χ1n) is 10.2. The number of nitrogens with zero attached hydrogens (tertiary/aromatic N) is 3. The maximum Gasteiger partial charge on any atom is 0.439 e. The molecule has 172 valence electrons. The van der Waals surface area contributed by atoms with E-state index in [4.69, 9.17) is 9.47 Å². The standard InChI is InChI=1S/C23H20F3N3O3S/c1-31-15-6-3-13(4-7-15)19-12-33-21(27-19)29-22(30,23(24,25)26)18-10-5-14-11-16(32-2)8-9-17(14)20(18)28-29/h3-4,6-9,11-12,18,30H,5,10H2,1-2H3. The van der Waals surface area contributed by atoms with Crippen molar-refractivity contribution in [3.63, 3.8) is 0 Å². The third kappa shape index (κ3) is 3.36. The predicted octanol–water partition coefficient (Wildman–Crippen LogP) is 4.86. The fraction of sp³-hybridized carbons (Fsp3) is 0.304. The predicted molar refractivity (Wildman–Crippen MR) is 119 cm³/mol. The Morgan fingerprint density at radius 1 is 1.09 bits per heavy atom. The van der Waals surface area contributed by atoms with E-state index in [2.05, 4.69) is 10.1 Å². The van der Waals surface area contributed by atoms with Crippen molar-refractivity contribution in [1.29, 1.82) is 0 Å². The van der Waals surface area contributed by atoms with Crippen molar-refractivity contribution in [2.24, 2.45) is 11.0 Å². The number of aryl methyl sites for hydroxylation is 1. The summed E-state index contributed by atoms with van der Waals surface area (Å²) in [6, 6.07) is 12.2. The number of anilines is 1. The van der Waals surface area contributed by atoms with Gasteiger partial charge in [-0.3, -0.25) is 0 Å². The van der Waals surface area contributed by atoms with Gasteiger partial charge in [-0.2, -0.15) is 23.3 Å². The number of hydrogen-bond acceptors (Lipinski definition) is 7. The minimum Gasteiger partial charge on any atom is -0.497 e. The zero-order chi connectivity index (χ0) is 23.4. The van der Waals surface area contributed by atoms with E-state index < -0.39 is 17.8 Å². The molecule has 1 aliphatic heterocycles. The Morgan fingerprint density at radius 2 is 1.79 bits per heavy atom. The number of halogens is 3. The first-order valence-corrected chi connectivity index (χ1v) is 11.1. The van der Waals surface area contributed by atoms with Crippen LogP contribution in [0.1, 0.15) is 17.5 Å². The van der Waals surface area contributed by atoms with Crippen LogP contribution in [0.15, 0.2) is 52.9 Å². The summed E-state index contributed by atoms with van der Waals surface area (Å²) in [6.07, 6.45) is -4.47. The summed E-state index contributed by atoms with van der Waals surface area (Å²) in [5, 5.41) is 17.7. The summed E-state index contributed by atoms with van der Waals surface area (Å²) in [5.41, 5.74) is -0.342. The number of benzene rings is 2. The molecule has 1 aliphatic carbocycles. The third-order valence-electron chi connectivity index (χ3n) is 6.11. The molecular weight excluding hydrogens is 455 g/mol. The Balaban J connectivity index is 1.58. The molecule has 6 nitrogen and oxygen atoms in total. The molecule has 2 unspecified atom stereocenters. The van der Waals surface area contributed by atoms with Crippen molar-refractivity contribution in [3.05, 3.63) is 59.0 Å². The van der Waals surface area contributed by atoms with Gasteiger partial charge in [-0.1, -0.05) is 0 Å². The Kier molecular flexibility index (Phi) is 5.09. The van der Waals surface area contributed by atoms with Crippen LogP contribution < -0.4 is 14.5 Å². The molecule has 0 spiro atoms. The van der Waals surface area contributed by atoms with Crippen LogP contribution in [0.4, 0.5) is 18.3 Å². The van der Waals surface area contributed by atoms with Crippen molar-refractivity contribution in [3.8, 4) is 22.8 Å². The summed E-state index contributed by atoms with van der Waals surface area (Å²) >= 11 is 0.999. The molecule has 2 aliphatic rings. The van der Waals surface area contributed by atoms with Crippen molar-refractivity contribution in [2.75, 3.05) is 19.2 Å². The maximum atomic E-state index is 14.3. The van der Waals surface area contributed by atoms with E-state index in [0.29, 0.717) is 34.2 Å². The highest BCUT2D eigenvalue weighted by molar-refractivity contribution is 7.14. The molecule has 5 rings (SSSR count). The number of hydrogen-bond donors (Lipinski definition) is 1. The lowest BCUT2D eigenvalue weighted by Gasteiger charge is -2.38. The summed E-state index contributed by atoms with van der Waals surface area (Å²) in [4.78, 5) is 4.38. The van der Waals surface area contributed by atoms with Gasteiger partial charge in [-0.25, -0.2) is 4.98 Å². The Morgan fingerprint density at radius 3 is 2.45 bits per heavy atom. The van der Waals surface area contributed by atoms with Gasteiger partial charge < -0.3 is 14.6 Å². The zero-order valence-corrected chi connectivity index (χ0v) is 18.6. The number of ether oxygens (including phenoxy) is 2. The molecule has 2 atom stereocenters. The number of fused-ring (bicyclic) bond motifs is 3. The second-order valence-corrected chi connectivity index (χ2v) is 8.72. The van der Waals surface area contributed by atoms with Crippen LogP contribution in [-0.2, 0) is 6.42 Å². The SMILES string of the molecule is COc1ccc(-c2csc(N3N=C4c5ccc(OC)cc5CCC4C3(O)C(F)(F)F)n2)cc1. The number of aromatic nitrogens is 1. The van der Waals surface area contributed by atoms with Gasteiger partial charge in [0.2, 0.25) is 5.13 Å². The van der Waals surface area contributed by atoms with Crippen LogP contribution in [0, 0.1) is 5.92 Å². The molecule has 0 saturated heterocycles. The van der Waals surface area contributed by atoms with Crippen LogP contribution in [0.25, 0.3) is 11.3 Å². The minimum absolute atomic E-state index is 0.0300. The number of rotatable bonds is 4. The molecule has 0 amide bonds. The fourth-order valence-corrected chi connectivity index (χ4v) is 5.22. The van der Waals surface area contributed by atoms with Gasteiger partial charge in [0.1, 0.15) is 11.5 Å². The number of hydrazone groups is 1. The smallest absolute Gasteiger partial charge is 0.439 e. The third-order valence-corrected chi connectivity index (χ3v) is 6.93. The Labute approximate surface area is 191 Å². The summed E-state index contributed by atoms with van der Waals surface area (Å²) < 4.78 is 53.4. The second kappa shape index (κ2) is 7.74. The molecule has 1 aromatic heterocycles. The first-order chi connectivity index (χ1) is 15.8. The minimum atomic E-state index is -4.95. The molecule has 0 fully saturated rings. The largest absolute Gasteiger partial charge is 0.497 e. The van der Waals surface area contributed by atoms with Crippen molar-refractivity contribution in [2.45, 2.75) is 24.7 Å². The molecule has 2 heterocycles. The average Bonchev–Trinajstić information content (AvgIpc) is 3.42. The van der Waals surface area contributed by atoms with Gasteiger partial charge in [0.05, 0.1) is 31.5 Å². The van der Waals surface area contributed by atoms with Crippen molar-refractivity contribution < 1.29 is 27.8 Å². The van der Waals surface area contributed by atoms with Crippen LogP contribution in [0.3, 0.4) is 0 Å². The van der Waals surface area contributed by atoms with Crippen LogP contribution in [0.5, 0.6) is 11.5 Å². The number of thiazole rings is 1. The zero-order valence-electron chi connectivity index (χ0n) is 17.8. The molecule has 1 N–H and O–H groups in total. The number of aliphatic hydroxyl groups is 1. The topological polar surface area (TPSA) is 67.2 Å². The van der Waals surface area contributed by atoms with Gasteiger partial charge in [-0.05, 0) is 60.9 Å². The molecule has 3 aromatic rings.